The van der Waals surface area contributed by atoms with Crippen LogP contribution in [0.4, 0.5) is 10.1 Å². The van der Waals surface area contributed by atoms with Crippen LogP contribution in [0.2, 0.25) is 5.02 Å². The van der Waals surface area contributed by atoms with Gasteiger partial charge in [-0.05, 0) is 18.7 Å². The van der Waals surface area contributed by atoms with Crippen LogP contribution in [0.15, 0.2) is 24.3 Å². The van der Waals surface area contributed by atoms with Crippen LogP contribution in [0.5, 0.6) is 0 Å². The fraction of sp³-hybridized carbons (Fsp3) is 0.364. The maximum Gasteiger partial charge on any atom is 0.263 e. The van der Waals surface area contributed by atoms with Crippen LogP contribution in [0, 0.1) is 0 Å². The molecule has 0 spiro atoms. The van der Waals surface area contributed by atoms with Gasteiger partial charge in [0.15, 0.2) is 0 Å². The van der Waals surface area contributed by atoms with Gasteiger partial charge in [-0.1, -0.05) is 23.7 Å². The number of hydrogen-bond acceptors (Lipinski definition) is 2. The van der Waals surface area contributed by atoms with Gasteiger partial charge in [0.05, 0.1) is 10.7 Å². The largest absolute Gasteiger partial charge is 0.322 e. The number of nitrogens with one attached hydrogen (secondary N) is 2. The molecule has 1 aliphatic heterocycles. The normalized spacial score (nSPS) is 24.4. The Hall–Kier alpha value is -1.13. The molecular formula is C11H12ClFN2O. The van der Waals surface area contributed by atoms with Crippen LogP contribution in [0.1, 0.15) is 6.42 Å². The Balaban J connectivity index is 2.10. The van der Waals surface area contributed by atoms with E-state index in [1.807, 2.05) is 0 Å². The van der Waals surface area contributed by atoms with Gasteiger partial charge >= 0.3 is 0 Å². The van der Waals surface area contributed by atoms with Crippen molar-refractivity contribution in [2.45, 2.75) is 12.1 Å². The van der Waals surface area contributed by atoms with Gasteiger partial charge in [0.25, 0.3) is 5.91 Å². The molecule has 1 heterocycles. The average Bonchev–Trinajstić information content (AvgIpc) is 2.70. The molecule has 1 aromatic rings. The van der Waals surface area contributed by atoms with E-state index in [0.29, 0.717) is 17.3 Å². The number of hydrogen-bond donors (Lipinski definition) is 2. The zero-order chi connectivity index (χ0) is 11.6. The number of anilines is 1. The zero-order valence-electron chi connectivity index (χ0n) is 8.59. The van der Waals surface area contributed by atoms with Crippen molar-refractivity contribution in [3.8, 4) is 0 Å². The van der Waals surface area contributed by atoms with Crippen LogP contribution in [-0.4, -0.2) is 24.7 Å². The van der Waals surface area contributed by atoms with Gasteiger partial charge in [-0.2, -0.15) is 0 Å². The number of amides is 1. The summed E-state index contributed by atoms with van der Waals surface area (Å²) in [5.41, 5.74) is -1.38. The van der Waals surface area contributed by atoms with Crippen molar-refractivity contribution in [3.05, 3.63) is 29.3 Å². The first-order chi connectivity index (χ1) is 7.62. The van der Waals surface area contributed by atoms with Gasteiger partial charge in [-0.25, -0.2) is 4.39 Å². The number of carbonyl (C=O) groups excluding carboxylic acids is 1. The molecule has 2 N–H and O–H groups in total. The lowest BCUT2D eigenvalue weighted by molar-refractivity contribution is -0.126. The van der Waals surface area contributed by atoms with Gasteiger partial charge in [-0.3, -0.25) is 4.79 Å². The first-order valence-corrected chi connectivity index (χ1v) is 5.45. The van der Waals surface area contributed by atoms with Crippen LogP contribution in [0.25, 0.3) is 0 Å². The molecule has 1 fully saturated rings. The summed E-state index contributed by atoms with van der Waals surface area (Å²) in [7, 11) is 0. The lowest BCUT2D eigenvalue weighted by Crippen LogP contribution is -2.40. The van der Waals surface area contributed by atoms with Crippen molar-refractivity contribution in [2.75, 3.05) is 18.4 Å². The Labute approximate surface area is 98.0 Å². The van der Waals surface area contributed by atoms with Crippen molar-refractivity contribution in [1.29, 1.82) is 0 Å². The Kier molecular flexibility index (Phi) is 3.12. The molecule has 0 saturated carbocycles. The molecule has 1 atom stereocenters. The monoisotopic (exact) mass is 242 g/mol. The molecule has 86 valence electrons. The maximum atomic E-state index is 14.0. The summed E-state index contributed by atoms with van der Waals surface area (Å²) >= 11 is 5.87. The van der Waals surface area contributed by atoms with E-state index in [9.17, 15) is 9.18 Å². The number of para-hydroxylation sites is 1. The molecule has 0 aliphatic carbocycles. The summed E-state index contributed by atoms with van der Waals surface area (Å²) in [5.74, 6) is -0.634. The van der Waals surface area contributed by atoms with E-state index in [1.54, 1.807) is 24.3 Å². The molecule has 1 unspecified atom stereocenters. The van der Waals surface area contributed by atoms with Gasteiger partial charge in [-0.15, -0.1) is 0 Å². The number of alkyl halides is 1. The standard InChI is InChI=1S/C11H12ClFN2O/c12-8-3-1-2-4-9(8)15-10(16)11(13)5-6-14-7-11/h1-4,14H,5-7H2,(H,15,16). The minimum atomic E-state index is -1.82. The molecule has 1 aromatic carbocycles. The van der Waals surface area contributed by atoms with Crippen molar-refractivity contribution in [1.82, 2.24) is 5.32 Å². The fourth-order valence-corrected chi connectivity index (χ4v) is 1.84. The second-order valence-corrected chi connectivity index (χ2v) is 4.23. The molecule has 1 aliphatic rings. The summed E-state index contributed by atoms with van der Waals surface area (Å²) in [6.45, 7) is 0.579. The fourth-order valence-electron chi connectivity index (χ4n) is 1.65. The minimum Gasteiger partial charge on any atom is -0.322 e. The quantitative estimate of drug-likeness (QED) is 0.833. The molecule has 0 aromatic heterocycles. The predicted octanol–water partition coefficient (Wildman–Crippen LogP) is 1.98. The lowest BCUT2D eigenvalue weighted by atomic mass is 10.0. The second kappa shape index (κ2) is 4.39. The van der Waals surface area contributed by atoms with E-state index in [2.05, 4.69) is 10.6 Å². The van der Waals surface area contributed by atoms with E-state index >= 15 is 0 Å². The number of benzene rings is 1. The van der Waals surface area contributed by atoms with E-state index in [0.717, 1.165) is 0 Å². The number of halogens is 2. The topological polar surface area (TPSA) is 41.1 Å². The molecule has 1 amide bonds. The summed E-state index contributed by atoms with van der Waals surface area (Å²) in [6.07, 6.45) is 0.198. The lowest BCUT2D eigenvalue weighted by Gasteiger charge is -2.17. The summed E-state index contributed by atoms with van der Waals surface area (Å²) in [4.78, 5) is 11.7. The summed E-state index contributed by atoms with van der Waals surface area (Å²) in [6, 6.07) is 6.78. The third-order valence-corrected chi connectivity index (χ3v) is 2.96. The minimum absolute atomic E-state index is 0.0588. The average molecular weight is 243 g/mol. The van der Waals surface area contributed by atoms with Gasteiger partial charge in [0.2, 0.25) is 5.67 Å². The molecular weight excluding hydrogens is 231 g/mol. The first kappa shape index (κ1) is 11.4. The van der Waals surface area contributed by atoms with Crippen molar-refractivity contribution in [3.63, 3.8) is 0 Å². The highest BCUT2D eigenvalue weighted by Gasteiger charge is 2.41. The van der Waals surface area contributed by atoms with Crippen molar-refractivity contribution in [2.24, 2.45) is 0 Å². The summed E-state index contributed by atoms with van der Waals surface area (Å²) < 4.78 is 14.0. The van der Waals surface area contributed by atoms with E-state index < -0.39 is 11.6 Å². The smallest absolute Gasteiger partial charge is 0.263 e. The van der Waals surface area contributed by atoms with Gasteiger partial charge in [0, 0.05) is 13.0 Å². The highest BCUT2D eigenvalue weighted by molar-refractivity contribution is 6.33. The SMILES string of the molecule is O=C(Nc1ccccc1Cl)C1(F)CCNC1. The summed E-state index contributed by atoms with van der Waals surface area (Å²) in [5, 5.41) is 5.74. The first-order valence-electron chi connectivity index (χ1n) is 5.07. The Bertz CT molecular complexity index is 405. The molecule has 0 bridgehead atoms. The van der Waals surface area contributed by atoms with Crippen molar-refractivity contribution < 1.29 is 9.18 Å². The van der Waals surface area contributed by atoms with E-state index in [1.165, 1.54) is 0 Å². The highest BCUT2D eigenvalue weighted by atomic mass is 35.5. The zero-order valence-corrected chi connectivity index (χ0v) is 9.35. The molecule has 1 saturated heterocycles. The number of rotatable bonds is 2. The maximum absolute atomic E-state index is 14.0. The van der Waals surface area contributed by atoms with E-state index in [-0.39, 0.29) is 13.0 Å². The number of carbonyl (C=O) groups is 1. The Morgan fingerprint density at radius 3 is 2.88 bits per heavy atom. The second-order valence-electron chi connectivity index (χ2n) is 3.83. The predicted molar refractivity (Wildman–Crippen MR) is 61.4 cm³/mol. The van der Waals surface area contributed by atoms with Crippen LogP contribution < -0.4 is 10.6 Å². The third-order valence-electron chi connectivity index (χ3n) is 2.63. The van der Waals surface area contributed by atoms with E-state index in [4.69, 9.17) is 11.6 Å². The molecule has 0 radical (unpaired) electrons. The Morgan fingerprint density at radius 2 is 2.25 bits per heavy atom. The molecule has 2 rings (SSSR count). The van der Waals surface area contributed by atoms with Gasteiger partial charge < -0.3 is 10.6 Å². The van der Waals surface area contributed by atoms with Crippen LogP contribution in [0.3, 0.4) is 0 Å². The van der Waals surface area contributed by atoms with Crippen LogP contribution in [-0.2, 0) is 4.79 Å². The van der Waals surface area contributed by atoms with Gasteiger partial charge in [0.1, 0.15) is 0 Å². The van der Waals surface area contributed by atoms with Crippen molar-refractivity contribution >= 4 is 23.2 Å². The third kappa shape index (κ3) is 2.18. The van der Waals surface area contributed by atoms with Crippen LogP contribution >= 0.6 is 11.6 Å². The Morgan fingerprint density at radius 1 is 1.50 bits per heavy atom. The molecule has 16 heavy (non-hydrogen) atoms. The molecule has 3 nitrogen and oxygen atoms in total. The molecule has 5 heteroatoms. The highest BCUT2D eigenvalue weighted by Crippen LogP contribution is 2.25.